The second-order valence-electron chi connectivity index (χ2n) is 8.29. The number of carbonyl (C=O) groups excluding carboxylic acids is 2. The van der Waals surface area contributed by atoms with E-state index in [4.69, 9.17) is 11.6 Å². The third-order valence-corrected chi connectivity index (χ3v) is 7.17. The van der Waals surface area contributed by atoms with Crippen molar-refractivity contribution in [2.45, 2.75) is 24.7 Å². The molecule has 1 unspecified atom stereocenters. The van der Waals surface area contributed by atoms with Gasteiger partial charge in [-0.3, -0.25) is 14.5 Å². The fraction of sp³-hybridized carbons (Fsp3) is 0.200. The van der Waals surface area contributed by atoms with Crippen LogP contribution in [-0.4, -0.2) is 11.8 Å². The van der Waals surface area contributed by atoms with Crippen molar-refractivity contribution in [2.75, 3.05) is 4.90 Å². The molecular formula is C25H18ClNO2. The van der Waals surface area contributed by atoms with Crippen LogP contribution in [0.4, 0.5) is 5.69 Å². The van der Waals surface area contributed by atoms with E-state index in [0.29, 0.717) is 17.1 Å². The molecule has 2 bridgehead atoms. The van der Waals surface area contributed by atoms with Gasteiger partial charge in [0.25, 0.3) is 0 Å². The Labute approximate surface area is 173 Å². The van der Waals surface area contributed by atoms with E-state index >= 15 is 0 Å². The topological polar surface area (TPSA) is 37.4 Å². The van der Waals surface area contributed by atoms with Gasteiger partial charge in [0.05, 0.1) is 11.1 Å². The average Bonchev–Trinajstić information content (AvgIpc) is 2.98. The fourth-order valence-electron chi connectivity index (χ4n) is 5.81. The number of halogens is 1. The molecule has 1 spiro atoms. The van der Waals surface area contributed by atoms with E-state index in [1.165, 1.54) is 27.2 Å². The number of imide groups is 1. The van der Waals surface area contributed by atoms with Crippen LogP contribution in [0.3, 0.4) is 0 Å². The highest BCUT2D eigenvalue weighted by molar-refractivity contribution is 6.31. The molecule has 3 aliphatic carbocycles. The third kappa shape index (κ3) is 2.14. The Kier molecular flexibility index (Phi) is 3.40. The van der Waals surface area contributed by atoms with E-state index in [1.54, 1.807) is 24.3 Å². The Morgan fingerprint density at radius 1 is 0.793 bits per heavy atom. The molecule has 1 atom stereocenters. The Morgan fingerprint density at radius 3 is 1.93 bits per heavy atom. The summed E-state index contributed by atoms with van der Waals surface area (Å²) < 4.78 is 0. The first kappa shape index (κ1) is 17.0. The van der Waals surface area contributed by atoms with Gasteiger partial charge in [-0.25, -0.2) is 0 Å². The minimum Gasteiger partial charge on any atom is -0.274 e. The van der Waals surface area contributed by atoms with Crippen LogP contribution >= 0.6 is 11.6 Å². The van der Waals surface area contributed by atoms with Crippen molar-refractivity contribution in [3.63, 3.8) is 0 Å². The number of amides is 2. The molecule has 2 amide bonds. The SMILES string of the molecule is O=C1CC2(CC3c4ccccc4C2c2ccccc23)C(=O)N1c1ccc(Cl)cc1. The molecular weight excluding hydrogens is 382 g/mol. The second-order valence-corrected chi connectivity index (χ2v) is 8.73. The van der Waals surface area contributed by atoms with Crippen LogP contribution in [0, 0.1) is 5.41 Å². The van der Waals surface area contributed by atoms with Gasteiger partial charge in [-0.05, 0) is 52.9 Å². The Morgan fingerprint density at radius 2 is 1.34 bits per heavy atom. The lowest BCUT2D eigenvalue weighted by Gasteiger charge is -2.50. The number of nitrogens with zero attached hydrogens (tertiary/aromatic N) is 1. The van der Waals surface area contributed by atoms with Crippen LogP contribution < -0.4 is 4.90 Å². The molecule has 4 heteroatoms. The summed E-state index contributed by atoms with van der Waals surface area (Å²) in [6.45, 7) is 0. The van der Waals surface area contributed by atoms with E-state index in [0.717, 1.165) is 0 Å². The maximum Gasteiger partial charge on any atom is 0.241 e. The molecule has 3 aromatic carbocycles. The van der Waals surface area contributed by atoms with Gasteiger partial charge in [0, 0.05) is 23.3 Å². The summed E-state index contributed by atoms with van der Waals surface area (Å²) >= 11 is 6.01. The smallest absolute Gasteiger partial charge is 0.241 e. The minimum atomic E-state index is -0.718. The quantitative estimate of drug-likeness (QED) is 0.523. The molecule has 7 rings (SSSR count). The molecule has 4 aliphatic rings. The molecule has 1 fully saturated rings. The molecule has 0 aromatic heterocycles. The van der Waals surface area contributed by atoms with Crippen LogP contribution in [0.1, 0.15) is 46.9 Å². The van der Waals surface area contributed by atoms with Crippen molar-refractivity contribution in [1.82, 2.24) is 0 Å². The van der Waals surface area contributed by atoms with Crippen molar-refractivity contribution >= 4 is 29.1 Å². The van der Waals surface area contributed by atoms with Gasteiger partial charge in [-0.2, -0.15) is 0 Å². The predicted molar refractivity (Wildman–Crippen MR) is 112 cm³/mol. The zero-order valence-electron chi connectivity index (χ0n) is 15.6. The molecule has 142 valence electrons. The molecule has 3 nitrogen and oxygen atoms in total. The summed E-state index contributed by atoms with van der Waals surface area (Å²) in [6.07, 6.45) is 0.929. The van der Waals surface area contributed by atoms with Crippen LogP contribution in [0.5, 0.6) is 0 Å². The van der Waals surface area contributed by atoms with Crippen LogP contribution in [-0.2, 0) is 9.59 Å². The highest BCUT2D eigenvalue weighted by Crippen LogP contribution is 2.64. The normalized spacial score (nSPS) is 26.7. The molecule has 3 aromatic rings. The lowest BCUT2D eigenvalue weighted by atomic mass is 9.51. The van der Waals surface area contributed by atoms with Crippen molar-refractivity contribution in [3.05, 3.63) is 100 Å². The summed E-state index contributed by atoms with van der Waals surface area (Å²) in [5, 5.41) is 0.585. The van der Waals surface area contributed by atoms with E-state index in [2.05, 4.69) is 36.4 Å². The Balaban J connectivity index is 1.54. The van der Waals surface area contributed by atoms with Crippen molar-refractivity contribution in [2.24, 2.45) is 5.41 Å². The molecule has 29 heavy (non-hydrogen) atoms. The molecule has 1 aliphatic heterocycles. The number of benzene rings is 3. The third-order valence-electron chi connectivity index (χ3n) is 6.92. The standard InChI is InChI=1S/C25H18ClNO2/c26-15-9-11-16(12-10-15)27-22(28)14-25(24(27)29)13-21-17-5-1-3-7-19(17)23(25)20-8-4-2-6-18(20)21/h1-12,21,23H,13-14H2. The van der Waals surface area contributed by atoms with Crippen LogP contribution in [0.2, 0.25) is 5.02 Å². The molecule has 1 heterocycles. The van der Waals surface area contributed by atoms with Gasteiger partial charge in [0.1, 0.15) is 0 Å². The summed E-state index contributed by atoms with van der Waals surface area (Å²) in [5.41, 5.74) is 4.87. The lowest BCUT2D eigenvalue weighted by molar-refractivity contribution is -0.127. The zero-order valence-corrected chi connectivity index (χ0v) is 16.4. The Hall–Kier alpha value is -2.91. The van der Waals surface area contributed by atoms with E-state index < -0.39 is 5.41 Å². The summed E-state index contributed by atoms with van der Waals surface area (Å²) in [4.78, 5) is 28.4. The maximum absolute atomic E-state index is 13.9. The molecule has 1 saturated heterocycles. The zero-order chi connectivity index (χ0) is 19.8. The first-order chi connectivity index (χ1) is 14.1. The van der Waals surface area contributed by atoms with Gasteiger partial charge < -0.3 is 0 Å². The first-order valence-electron chi connectivity index (χ1n) is 9.91. The fourth-order valence-corrected chi connectivity index (χ4v) is 5.94. The van der Waals surface area contributed by atoms with Crippen molar-refractivity contribution < 1.29 is 9.59 Å². The lowest BCUT2D eigenvalue weighted by Crippen LogP contribution is -2.47. The second kappa shape index (κ2) is 5.80. The van der Waals surface area contributed by atoms with Crippen LogP contribution in [0.15, 0.2) is 72.8 Å². The van der Waals surface area contributed by atoms with Crippen molar-refractivity contribution in [1.29, 1.82) is 0 Å². The molecule has 0 N–H and O–H groups in total. The van der Waals surface area contributed by atoms with Crippen molar-refractivity contribution in [3.8, 4) is 0 Å². The summed E-state index contributed by atoms with van der Waals surface area (Å²) in [5.74, 6) is -0.147. The van der Waals surface area contributed by atoms with Gasteiger partial charge >= 0.3 is 0 Å². The summed E-state index contributed by atoms with van der Waals surface area (Å²) in [7, 11) is 0. The maximum atomic E-state index is 13.9. The first-order valence-corrected chi connectivity index (χ1v) is 10.3. The van der Waals surface area contributed by atoms with Gasteiger partial charge in [-0.15, -0.1) is 0 Å². The number of anilines is 1. The highest BCUT2D eigenvalue weighted by atomic mass is 35.5. The van der Waals surface area contributed by atoms with Crippen LogP contribution in [0.25, 0.3) is 0 Å². The molecule has 0 radical (unpaired) electrons. The van der Waals surface area contributed by atoms with Gasteiger partial charge in [0.2, 0.25) is 11.8 Å². The van der Waals surface area contributed by atoms with E-state index in [9.17, 15) is 9.59 Å². The van der Waals surface area contributed by atoms with Gasteiger partial charge in [0.15, 0.2) is 0 Å². The number of hydrogen-bond donors (Lipinski definition) is 0. The Bertz CT molecular complexity index is 1140. The number of carbonyl (C=O) groups is 2. The highest BCUT2D eigenvalue weighted by Gasteiger charge is 2.62. The largest absolute Gasteiger partial charge is 0.274 e. The number of rotatable bonds is 1. The van der Waals surface area contributed by atoms with E-state index in [1.807, 2.05) is 12.1 Å². The minimum absolute atomic E-state index is 0.0798. The monoisotopic (exact) mass is 399 g/mol. The average molecular weight is 400 g/mol. The van der Waals surface area contributed by atoms with Gasteiger partial charge in [-0.1, -0.05) is 60.1 Å². The summed E-state index contributed by atoms with van der Waals surface area (Å²) in [6, 6.07) is 23.8. The number of hydrogen-bond acceptors (Lipinski definition) is 2. The van der Waals surface area contributed by atoms with E-state index in [-0.39, 0.29) is 30.1 Å². The molecule has 0 saturated carbocycles. The predicted octanol–water partition coefficient (Wildman–Crippen LogP) is 5.27.